The van der Waals surface area contributed by atoms with Gasteiger partial charge in [0.15, 0.2) is 0 Å². The normalized spacial score (nSPS) is 23.7. The van der Waals surface area contributed by atoms with Crippen molar-refractivity contribution in [1.29, 1.82) is 0 Å². The maximum atomic E-state index is 6.29. The fraction of sp³-hybridized carbons (Fsp3) is 0.524. The summed E-state index contributed by atoms with van der Waals surface area (Å²) in [7, 11) is 0. The van der Waals surface area contributed by atoms with Gasteiger partial charge >= 0.3 is 0 Å². The SMILES string of the molecule is CC1CCN(c2cc(Cl)nc(C3CC(OCc4ccccc4)C3)n2)CC1. The van der Waals surface area contributed by atoms with Crippen LogP contribution in [-0.2, 0) is 11.3 Å². The zero-order valence-corrected chi connectivity index (χ0v) is 16.0. The van der Waals surface area contributed by atoms with Crippen molar-refractivity contribution in [3.63, 3.8) is 0 Å². The van der Waals surface area contributed by atoms with Crippen LogP contribution in [0, 0.1) is 5.92 Å². The van der Waals surface area contributed by atoms with Crippen molar-refractivity contribution in [3.05, 3.63) is 52.9 Å². The van der Waals surface area contributed by atoms with Crippen LogP contribution in [0.5, 0.6) is 0 Å². The van der Waals surface area contributed by atoms with Gasteiger partial charge in [0.25, 0.3) is 0 Å². The number of hydrogen-bond donors (Lipinski definition) is 0. The summed E-state index contributed by atoms with van der Waals surface area (Å²) in [5.74, 6) is 3.03. The van der Waals surface area contributed by atoms with Crippen LogP contribution in [0.3, 0.4) is 0 Å². The average Bonchev–Trinajstić information content (AvgIpc) is 2.61. The quantitative estimate of drug-likeness (QED) is 0.705. The van der Waals surface area contributed by atoms with Crippen LogP contribution < -0.4 is 4.90 Å². The maximum absolute atomic E-state index is 6.29. The van der Waals surface area contributed by atoms with E-state index in [0.29, 0.717) is 23.8 Å². The molecule has 4 rings (SSSR count). The smallest absolute Gasteiger partial charge is 0.135 e. The van der Waals surface area contributed by atoms with E-state index in [1.807, 2.05) is 24.3 Å². The molecule has 2 heterocycles. The summed E-state index contributed by atoms with van der Waals surface area (Å²) in [6.07, 6.45) is 4.68. The first-order valence-electron chi connectivity index (χ1n) is 9.62. The number of piperidine rings is 1. The lowest BCUT2D eigenvalue weighted by Gasteiger charge is -2.35. The summed E-state index contributed by atoms with van der Waals surface area (Å²) in [6.45, 7) is 5.11. The summed E-state index contributed by atoms with van der Waals surface area (Å²) in [5.41, 5.74) is 1.22. The van der Waals surface area contributed by atoms with Crippen LogP contribution in [0.25, 0.3) is 0 Å². The van der Waals surface area contributed by atoms with Gasteiger partial charge in [-0.1, -0.05) is 48.9 Å². The third-order valence-corrected chi connectivity index (χ3v) is 5.79. The molecule has 1 saturated carbocycles. The Morgan fingerprint density at radius 3 is 2.58 bits per heavy atom. The lowest BCUT2D eigenvalue weighted by molar-refractivity contribution is -0.0222. The molecular formula is C21H26ClN3O. The molecule has 5 heteroatoms. The first-order chi connectivity index (χ1) is 12.7. The number of halogens is 1. The zero-order valence-electron chi connectivity index (χ0n) is 15.3. The van der Waals surface area contributed by atoms with Gasteiger partial charge in [0, 0.05) is 25.1 Å². The number of hydrogen-bond acceptors (Lipinski definition) is 4. The molecule has 4 nitrogen and oxygen atoms in total. The highest BCUT2D eigenvalue weighted by atomic mass is 35.5. The second kappa shape index (κ2) is 7.93. The van der Waals surface area contributed by atoms with Crippen molar-refractivity contribution in [2.45, 2.75) is 51.2 Å². The van der Waals surface area contributed by atoms with E-state index >= 15 is 0 Å². The van der Waals surface area contributed by atoms with Crippen molar-refractivity contribution < 1.29 is 4.74 Å². The van der Waals surface area contributed by atoms with Crippen LogP contribution in [0.4, 0.5) is 5.82 Å². The third kappa shape index (κ3) is 4.18. The summed E-state index contributed by atoms with van der Waals surface area (Å²) in [5, 5.41) is 0.553. The van der Waals surface area contributed by atoms with Gasteiger partial charge in [0.05, 0.1) is 12.7 Å². The fourth-order valence-corrected chi connectivity index (χ4v) is 3.89. The lowest BCUT2D eigenvalue weighted by atomic mass is 9.81. The van der Waals surface area contributed by atoms with Gasteiger partial charge in [-0.05, 0) is 37.2 Å². The molecule has 0 bridgehead atoms. The second-order valence-corrected chi connectivity index (χ2v) is 8.05. The molecule has 0 unspecified atom stereocenters. The van der Waals surface area contributed by atoms with Crippen molar-refractivity contribution in [2.75, 3.05) is 18.0 Å². The minimum absolute atomic E-state index is 0.294. The van der Waals surface area contributed by atoms with E-state index in [1.54, 1.807) is 0 Å². The van der Waals surface area contributed by atoms with Gasteiger partial charge in [-0.25, -0.2) is 9.97 Å². The molecule has 1 aliphatic heterocycles. The van der Waals surface area contributed by atoms with Gasteiger partial charge in [0.1, 0.15) is 16.8 Å². The van der Waals surface area contributed by atoms with E-state index < -0.39 is 0 Å². The largest absolute Gasteiger partial charge is 0.373 e. The van der Waals surface area contributed by atoms with Crippen molar-refractivity contribution in [3.8, 4) is 0 Å². The molecule has 0 amide bonds. The van der Waals surface area contributed by atoms with Gasteiger partial charge in [0.2, 0.25) is 0 Å². The molecule has 2 aliphatic rings. The highest BCUT2D eigenvalue weighted by Crippen LogP contribution is 2.38. The molecule has 0 radical (unpaired) electrons. The van der Waals surface area contributed by atoms with Gasteiger partial charge in [-0.15, -0.1) is 0 Å². The molecule has 2 fully saturated rings. The Kier molecular flexibility index (Phi) is 5.41. The first-order valence-corrected chi connectivity index (χ1v) is 10.00. The Morgan fingerprint density at radius 2 is 1.85 bits per heavy atom. The number of benzene rings is 1. The van der Waals surface area contributed by atoms with E-state index in [-0.39, 0.29) is 0 Å². The third-order valence-electron chi connectivity index (χ3n) is 5.59. The summed E-state index contributed by atoms with van der Waals surface area (Å²) in [6, 6.07) is 12.2. The number of ether oxygens (including phenoxy) is 1. The monoisotopic (exact) mass is 371 g/mol. The molecular weight excluding hydrogens is 346 g/mol. The minimum Gasteiger partial charge on any atom is -0.373 e. The number of nitrogens with zero attached hydrogens (tertiary/aromatic N) is 3. The molecule has 138 valence electrons. The predicted octanol–water partition coefficient (Wildman–Crippen LogP) is 4.83. The molecule has 1 aromatic heterocycles. The molecule has 1 aliphatic carbocycles. The minimum atomic E-state index is 0.294. The van der Waals surface area contributed by atoms with Crippen molar-refractivity contribution in [2.24, 2.45) is 5.92 Å². The van der Waals surface area contributed by atoms with Crippen molar-refractivity contribution in [1.82, 2.24) is 9.97 Å². The molecule has 1 saturated heterocycles. The van der Waals surface area contributed by atoms with Gasteiger partial charge in [-0.3, -0.25) is 0 Å². The summed E-state index contributed by atoms with van der Waals surface area (Å²) in [4.78, 5) is 11.7. The Balaban J connectivity index is 1.34. The summed E-state index contributed by atoms with van der Waals surface area (Å²) < 4.78 is 6.01. The Labute approximate surface area is 160 Å². The number of anilines is 1. The Bertz CT molecular complexity index is 725. The van der Waals surface area contributed by atoms with E-state index in [4.69, 9.17) is 21.3 Å². The van der Waals surface area contributed by atoms with Crippen LogP contribution in [0.2, 0.25) is 5.15 Å². The fourth-order valence-electron chi connectivity index (χ4n) is 3.71. The van der Waals surface area contributed by atoms with Crippen LogP contribution >= 0.6 is 11.6 Å². The molecule has 26 heavy (non-hydrogen) atoms. The summed E-state index contributed by atoms with van der Waals surface area (Å²) >= 11 is 6.29. The molecule has 2 aromatic rings. The Hall–Kier alpha value is -1.65. The second-order valence-electron chi connectivity index (χ2n) is 7.66. The topological polar surface area (TPSA) is 38.2 Å². The predicted molar refractivity (Wildman–Crippen MR) is 105 cm³/mol. The molecule has 0 spiro atoms. The van der Waals surface area contributed by atoms with Gasteiger partial charge < -0.3 is 9.64 Å². The molecule has 1 aromatic carbocycles. The molecule has 0 atom stereocenters. The number of rotatable bonds is 5. The first kappa shape index (κ1) is 17.7. The average molecular weight is 372 g/mol. The highest BCUT2D eigenvalue weighted by molar-refractivity contribution is 6.29. The van der Waals surface area contributed by atoms with Crippen molar-refractivity contribution >= 4 is 17.4 Å². The lowest BCUT2D eigenvalue weighted by Crippen LogP contribution is -2.35. The number of aromatic nitrogens is 2. The van der Waals surface area contributed by atoms with Crippen LogP contribution in [-0.4, -0.2) is 29.2 Å². The zero-order chi connectivity index (χ0) is 17.9. The van der Waals surface area contributed by atoms with E-state index in [2.05, 4.69) is 28.9 Å². The van der Waals surface area contributed by atoms with Crippen LogP contribution in [0.1, 0.15) is 49.9 Å². The maximum Gasteiger partial charge on any atom is 0.135 e. The van der Waals surface area contributed by atoms with Crippen LogP contribution in [0.15, 0.2) is 36.4 Å². The van der Waals surface area contributed by atoms with E-state index in [9.17, 15) is 0 Å². The Morgan fingerprint density at radius 1 is 1.12 bits per heavy atom. The van der Waals surface area contributed by atoms with Gasteiger partial charge in [-0.2, -0.15) is 0 Å². The molecule has 0 N–H and O–H groups in total. The standard InChI is InChI=1S/C21H26ClN3O/c1-15-7-9-25(10-8-15)20-13-19(22)23-21(24-20)17-11-18(12-17)26-14-16-5-3-2-4-6-16/h2-6,13,15,17-18H,7-12,14H2,1H3. The van der Waals surface area contributed by atoms with E-state index in [1.165, 1.54) is 18.4 Å². The van der Waals surface area contributed by atoms with E-state index in [0.717, 1.165) is 43.5 Å². The highest BCUT2D eigenvalue weighted by Gasteiger charge is 2.34.